The molecule has 62 heavy (non-hydrogen) atoms. The minimum absolute atomic E-state index is 0.0862. The molecule has 0 bridgehead atoms. The van der Waals surface area contributed by atoms with Gasteiger partial charge < -0.3 is 4.90 Å². The van der Waals surface area contributed by atoms with Crippen LogP contribution in [-0.2, 0) is 18.3 Å². The number of fused-ring (bicyclic) bond motifs is 4. The summed E-state index contributed by atoms with van der Waals surface area (Å²) in [5.74, 6) is 1.42. The molecule has 2 fully saturated rings. The molecule has 0 spiro atoms. The summed E-state index contributed by atoms with van der Waals surface area (Å²) in [6, 6.07) is 59.1. The molecule has 2 saturated carbocycles. The lowest BCUT2D eigenvalue weighted by molar-refractivity contribution is 0.443. The second-order valence-corrected chi connectivity index (χ2v) is 19.6. The van der Waals surface area contributed by atoms with Crippen LogP contribution in [0.15, 0.2) is 152 Å². The van der Waals surface area contributed by atoms with Gasteiger partial charge in [0.05, 0.1) is 5.69 Å². The second kappa shape index (κ2) is 16.6. The van der Waals surface area contributed by atoms with E-state index < -0.39 is 0 Å². The molecule has 1 heteroatoms. The van der Waals surface area contributed by atoms with E-state index in [2.05, 4.69) is 170 Å². The highest BCUT2D eigenvalue weighted by Crippen LogP contribution is 2.52. The largest absolute Gasteiger partial charge is 0.310 e. The molecule has 7 aromatic carbocycles. The molecule has 0 atom stereocenters. The second-order valence-electron chi connectivity index (χ2n) is 19.6. The van der Waals surface area contributed by atoms with E-state index in [1.54, 1.807) is 0 Å². The molecule has 11 rings (SSSR count). The topological polar surface area (TPSA) is 3.24 Å². The predicted octanol–water partition coefficient (Wildman–Crippen LogP) is 17.4. The van der Waals surface area contributed by atoms with E-state index in [4.69, 9.17) is 0 Å². The molecule has 4 aliphatic rings. The first-order valence-corrected chi connectivity index (χ1v) is 24.1. The molecule has 0 heterocycles. The fraction of sp³-hybridized carbons (Fsp3) is 0.311. The molecule has 0 aromatic heterocycles. The molecular formula is C61H61N. The van der Waals surface area contributed by atoms with Crippen LogP contribution in [0.1, 0.15) is 136 Å². The van der Waals surface area contributed by atoms with E-state index >= 15 is 0 Å². The maximum atomic E-state index is 2.60. The highest BCUT2D eigenvalue weighted by Gasteiger charge is 2.36. The fourth-order valence-corrected chi connectivity index (χ4v) is 11.9. The lowest BCUT2D eigenvalue weighted by atomic mass is 9.82. The average molecular weight is 808 g/mol. The molecule has 310 valence electrons. The van der Waals surface area contributed by atoms with Crippen molar-refractivity contribution in [3.63, 3.8) is 0 Å². The summed E-state index contributed by atoms with van der Waals surface area (Å²) in [7, 11) is 0. The van der Waals surface area contributed by atoms with Crippen molar-refractivity contribution in [2.24, 2.45) is 0 Å². The molecular weight excluding hydrogens is 747 g/mol. The van der Waals surface area contributed by atoms with Gasteiger partial charge in [0, 0.05) is 16.8 Å². The summed E-state index contributed by atoms with van der Waals surface area (Å²) in [5, 5.41) is 0. The Kier molecular flexibility index (Phi) is 10.5. The zero-order valence-corrected chi connectivity index (χ0v) is 36.9. The Bertz CT molecular complexity index is 2720. The van der Waals surface area contributed by atoms with Crippen LogP contribution in [0.25, 0.3) is 44.5 Å². The summed E-state index contributed by atoms with van der Waals surface area (Å²) < 4.78 is 0. The van der Waals surface area contributed by atoms with Gasteiger partial charge in [-0.1, -0.05) is 168 Å². The van der Waals surface area contributed by atoms with E-state index in [9.17, 15) is 0 Å². The Morgan fingerprint density at radius 1 is 0.403 bits per heavy atom. The maximum Gasteiger partial charge on any atom is 0.0502 e. The highest BCUT2D eigenvalue weighted by molar-refractivity contribution is 5.88. The third kappa shape index (κ3) is 7.32. The summed E-state index contributed by atoms with van der Waals surface area (Å²) >= 11 is 0. The summed E-state index contributed by atoms with van der Waals surface area (Å²) in [5.41, 5.74) is 23.1. The molecule has 0 N–H and O–H groups in total. The lowest BCUT2D eigenvalue weighted by Crippen LogP contribution is -2.18. The monoisotopic (exact) mass is 807 g/mol. The molecule has 0 aliphatic heterocycles. The third-order valence-electron chi connectivity index (χ3n) is 15.4. The van der Waals surface area contributed by atoms with Gasteiger partial charge in [0.2, 0.25) is 0 Å². The SMILES string of the molecule is CC1(C)c2ccccc2-c2ccc(N(c3ccc(-c4cccc(C5CCCCC5)c4)cc3)c3cc(-c4cccc(-c5ccc(C6CCCCC6)cc5)c4)cc4c3CCCC4)cc21. The van der Waals surface area contributed by atoms with Crippen LogP contribution < -0.4 is 4.90 Å². The van der Waals surface area contributed by atoms with Crippen molar-refractivity contribution in [1.29, 1.82) is 0 Å². The summed E-state index contributed by atoms with van der Waals surface area (Å²) in [6.07, 6.45) is 18.2. The first-order valence-electron chi connectivity index (χ1n) is 24.1. The van der Waals surface area contributed by atoms with E-state index in [-0.39, 0.29) is 5.41 Å². The van der Waals surface area contributed by atoms with Crippen molar-refractivity contribution in [2.75, 3.05) is 4.90 Å². The van der Waals surface area contributed by atoms with Gasteiger partial charge in [-0.25, -0.2) is 0 Å². The molecule has 0 unspecified atom stereocenters. The van der Waals surface area contributed by atoms with Gasteiger partial charge in [-0.3, -0.25) is 0 Å². The minimum Gasteiger partial charge on any atom is -0.310 e. The number of aryl methyl sites for hydroxylation is 1. The first kappa shape index (κ1) is 39.2. The normalized spacial score (nSPS) is 17.3. The number of nitrogens with zero attached hydrogens (tertiary/aromatic N) is 1. The maximum absolute atomic E-state index is 2.60. The van der Waals surface area contributed by atoms with Gasteiger partial charge in [-0.15, -0.1) is 0 Å². The first-order chi connectivity index (χ1) is 30.5. The number of benzene rings is 7. The lowest BCUT2D eigenvalue weighted by Gasteiger charge is -2.32. The van der Waals surface area contributed by atoms with Crippen LogP contribution >= 0.6 is 0 Å². The molecule has 0 saturated heterocycles. The van der Waals surface area contributed by atoms with Crippen molar-refractivity contribution >= 4 is 17.1 Å². The van der Waals surface area contributed by atoms with E-state index in [1.807, 2.05) is 0 Å². The van der Waals surface area contributed by atoms with Crippen LogP contribution in [0.2, 0.25) is 0 Å². The van der Waals surface area contributed by atoms with Gasteiger partial charge in [0.1, 0.15) is 0 Å². The summed E-state index contributed by atoms with van der Waals surface area (Å²) in [4.78, 5) is 2.60. The van der Waals surface area contributed by atoms with E-state index in [1.165, 1.54) is 172 Å². The van der Waals surface area contributed by atoms with Gasteiger partial charge in [-0.2, -0.15) is 0 Å². The molecule has 0 radical (unpaired) electrons. The van der Waals surface area contributed by atoms with Gasteiger partial charge in [0.25, 0.3) is 0 Å². The van der Waals surface area contributed by atoms with Crippen molar-refractivity contribution in [1.82, 2.24) is 0 Å². The molecule has 1 nitrogen and oxygen atoms in total. The standard InChI is InChI=1S/C61H61N/c1-61(2)58-26-12-11-25-56(58)57-36-35-54(41-59(57)61)62(53-33-31-46(32-34-53)48-21-13-20-47(37-48)43-17-7-4-8-18-43)60-40-52(39-51-19-9-10-24-55(51)60)50-23-14-22-49(38-50)45-29-27-44(28-30-45)42-15-5-3-6-16-42/h11-14,20-23,25-43H,3-10,15-19,24H2,1-2H3. The van der Waals surface area contributed by atoms with E-state index in [0.29, 0.717) is 5.92 Å². The number of rotatable bonds is 8. The number of hydrogen-bond acceptors (Lipinski definition) is 1. The zero-order chi connectivity index (χ0) is 41.6. The van der Waals surface area contributed by atoms with Crippen LogP contribution in [0.4, 0.5) is 17.1 Å². The van der Waals surface area contributed by atoms with Crippen LogP contribution in [-0.4, -0.2) is 0 Å². The number of anilines is 3. The van der Waals surface area contributed by atoms with Gasteiger partial charge >= 0.3 is 0 Å². The Morgan fingerprint density at radius 3 is 1.74 bits per heavy atom. The Hall–Kier alpha value is -5.66. The summed E-state index contributed by atoms with van der Waals surface area (Å²) in [6.45, 7) is 4.81. The van der Waals surface area contributed by atoms with Crippen LogP contribution in [0.5, 0.6) is 0 Å². The van der Waals surface area contributed by atoms with Crippen LogP contribution in [0.3, 0.4) is 0 Å². The fourth-order valence-electron chi connectivity index (χ4n) is 11.9. The highest BCUT2D eigenvalue weighted by atomic mass is 15.1. The zero-order valence-electron chi connectivity index (χ0n) is 36.9. The molecule has 4 aliphatic carbocycles. The Labute approximate surface area is 370 Å². The average Bonchev–Trinajstić information content (AvgIpc) is 3.57. The smallest absolute Gasteiger partial charge is 0.0502 e. The van der Waals surface area contributed by atoms with Gasteiger partial charge in [0.15, 0.2) is 0 Å². The van der Waals surface area contributed by atoms with Crippen molar-refractivity contribution < 1.29 is 0 Å². The molecule has 7 aromatic rings. The van der Waals surface area contributed by atoms with Crippen LogP contribution in [0, 0.1) is 0 Å². The van der Waals surface area contributed by atoms with Crippen molar-refractivity contribution in [3.05, 3.63) is 185 Å². The number of hydrogen-bond donors (Lipinski definition) is 0. The molecule has 0 amide bonds. The Balaban J connectivity index is 1.01. The van der Waals surface area contributed by atoms with E-state index in [0.717, 1.165) is 18.8 Å². The van der Waals surface area contributed by atoms with Gasteiger partial charge in [-0.05, 0) is 177 Å². The quantitative estimate of drug-likeness (QED) is 0.148. The minimum atomic E-state index is -0.0862. The third-order valence-corrected chi connectivity index (χ3v) is 15.4. The van der Waals surface area contributed by atoms with Crippen molar-refractivity contribution in [3.8, 4) is 44.5 Å². The van der Waals surface area contributed by atoms with Crippen molar-refractivity contribution in [2.45, 2.75) is 121 Å². The Morgan fingerprint density at radius 2 is 1.00 bits per heavy atom. The predicted molar refractivity (Wildman–Crippen MR) is 263 cm³/mol.